The monoisotopic (exact) mass is 425 g/mol. The normalized spacial score (nSPS) is 11.7. The van der Waals surface area contributed by atoms with Crippen LogP contribution in [-0.2, 0) is 11.8 Å². The summed E-state index contributed by atoms with van der Waals surface area (Å²) >= 11 is 1.24. The number of rotatable bonds is 8. The first-order valence-electron chi connectivity index (χ1n) is 9.29. The number of hydrogen-bond acceptors (Lipinski definition) is 6. The lowest BCUT2D eigenvalue weighted by atomic mass is 10.1. The standard InChI is InChI=1S/C21H23N5O3S/c1-13-7-6-8-15(11-13)29-14(2)20-24-25-21(26(20)3)30-12-18(27)23-17-10-5-4-9-16(17)19(22)28/h4-11,14H,12H2,1-3H3,(H2,22,28)(H,23,27). The van der Waals surface area contributed by atoms with E-state index in [0.29, 0.717) is 16.7 Å². The number of para-hydroxylation sites is 1. The average molecular weight is 426 g/mol. The number of thioether (sulfide) groups is 1. The number of anilines is 1. The molecule has 30 heavy (non-hydrogen) atoms. The Hall–Kier alpha value is -3.33. The van der Waals surface area contributed by atoms with E-state index in [-0.39, 0.29) is 23.3 Å². The Labute approximate surface area is 178 Å². The number of aromatic nitrogens is 3. The first kappa shape index (κ1) is 21.4. The van der Waals surface area contributed by atoms with Gasteiger partial charge in [-0.2, -0.15) is 0 Å². The Kier molecular flexibility index (Phi) is 6.73. The number of ether oxygens (including phenoxy) is 1. The summed E-state index contributed by atoms with van der Waals surface area (Å²) in [7, 11) is 1.83. The molecule has 0 aliphatic heterocycles. The van der Waals surface area contributed by atoms with E-state index in [2.05, 4.69) is 15.5 Å². The first-order valence-corrected chi connectivity index (χ1v) is 10.3. The zero-order chi connectivity index (χ0) is 21.7. The molecule has 1 unspecified atom stereocenters. The molecule has 3 N–H and O–H groups in total. The predicted molar refractivity (Wildman–Crippen MR) is 116 cm³/mol. The molecular weight excluding hydrogens is 402 g/mol. The second-order valence-corrected chi connectivity index (χ2v) is 7.67. The van der Waals surface area contributed by atoms with E-state index in [9.17, 15) is 9.59 Å². The molecule has 0 fully saturated rings. The van der Waals surface area contributed by atoms with Crippen molar-refractivity contribution in [3.8, 4) is 5.75 Å². The number of benzene rings is 2. The molecule has 9 heteroatoms. The van der Waals surface area contributed by atoms with Crippen LogP contribution < -0.4 is 15.8 Å². The number of primary amides is 1. The van der Waals surface area contributed by atoms with Gasteiger partial charge in [-0.15, -0.1) is 10.2 Å². The summed E-state index contributed by atoms with van der Waals surface area (Å²) in [5, 5.41) is 11.7. The Balaban J connectivity index is 1.61. The number of carbonyl (C=O) groups excluding carboxylic acids is 2. The maximum Gasteiger partial charge on any atom is 0.250 e. The number of amides is 2. The first-order chi connectivity index (χ1) is 14.3. The number of nitrogens with one attached hydrogen (secondary N) is 1. The Morgan fingerprint density at radius 3 is 2.70 bits per heavy atom. The van der Waals surface area contributed by atoms with Gasteiger partial charge in [0.25, 0.3) is 5.91 Å². The van der Waals surface area contributed by atoms with Crippen LogP contribution in [0.4, 0.5) is 5.69 Å². The van der Waals surface area contributed by atoms with Crippen molar-refractivity contribution in [3.63, 3.8) is 0 Å². The lowest BCUT2D eigenvalue weighted by Gasteiger charge is -2.14. The number of nitrogens with zero attached hydrogens (tertiary/aromatic N) is 3. The zero-order valence-corrected chi connectivity index (χ0v) is 17.8. The molecule has 2 amide bonds. The van der Waals surface area contributed by atoms with Gasteiger partial charge in [-0.05, 0) is 43.7 Å². The van der Waals surface area contributed by atoms with Crippen LogP contribution in [0.15, 0.2) is 53.7 Å². The van der Waals surface area contributed by atoms with E-state index in [0.717, 1.165) is 11.3 Å². The average Bonchev–Trinajstić information content (AvgIpc) is 3.07. The quantitative estimate of drug-likeness (QED) is 0.536. The fourth-order valence-corrected chi connectivity index (χ4v) is 3.59. The Bertz CT molecular complexity index is 1070. The van der Waals surface area contributed by atoms with E-state index >= 15 is 0 Å². The fourth-order valence-electron chi connectivity index (χ4n) is 2.87. The van der Waals surface area contributed by atoms with Crippen LogP contribution in [0.5, 0.6) is 5.75 Å². The molecule has 0 saturated heterocycles. The molecule has 3 aromatic rings. The summed E-state index contributed by atoms with van der Waals surface area (Å²) in [5.74, 6) is 0.638. The van der Waals surface area contributed by atoms with Gasteiger partial charge in [-0.25, -0.2) is 0 Å². The van der Waals surface area contributed by atoms with Gasteiger partial charge in [-0.1, -0.05) is 36.0 Å². The van der Waals surface area contributed by atoms with E-state index in [1.165, 1.54) is 11.8 Å². The topological polar surface area (TPSA) is 112 Å². The summed E-state index contributed by atoms with van der Waals surface area (Å²) in [6, 6.07) is 14.4. The summed E-state index contributed by atoms with van der Waals surface area (Å²) < 4.78 is 7.76. The summed E-state index contributed by atoms with van der Waals surface area (Å²) in [4.78, 5) is 23.8. The van der Waals surface area contributed by atoms with Crippen LogP contribution in [-0.4, -0.2) is 32.3 Å². The molecule has 1 atom stereocenters. The van der Waals surface area contributed by atoms with Crippen molar-refractivity contribution in [1.29, 1.82) is 0 Å². The third-order valence-electron chi connectivity index (χ3n) is 4.33. The third kappa shape index (κ3) is 5.18. The Morgan fingerprint density at radius 2 is 1.97 bits per heavy atom. The molecule has 0 bridgehead atoms. The second-order valence-electron chi connectivity index (χ2n) is 6.72. The van der Waals surface area contributed by atoms with Gasteiger partial charge in [0, 0.05) is 7.05 Å². The van der Waals surface area contributed by atoms with Gasteiger partial charge in [0.15, 0.2) is 17.1 Å². The molecule has 0 aliphatic carbocycles. The highest BCUT2D eigenvalue weighted by Gasteiger charge is 2.18. The van der Waals surface area contributed by atoms with Gasteiger partial charge in [-0.3, -0.25) is 9.59 Å². The maximum atomic E-state index is 12.3. The van der Waals surface area contributed by atoms with Gasteiger partial charge >= 0.3 is 0 Å². The van der Waals surface area contributed by atoms with Crippen LogP contribution >= 0.6 is 11.8 Å². The van der Waals surface area contributed by atoms with Crippen molar-refractivity contribution in [3.05, 3.63) is 65.5 Å². The van der Waals surface area contributed by atoms with Gasteiger partial charge in [0.2, 0.25) is 5.91 Å². The SMILES string of the molecule is Cc1cccc(OC(C)c2nnc(SCC(=O)Nc3ccccc3C(N)=O)n2C)c1. The highest BCUT2D eigenvalue weighted by atomic mass is 32.2. The number of aryl methyl sites for hydroxylation is 1. The summed E-state index contributed by atoms with van der Waals surface area (Å²) in [6.07, 6.45) is -0.310. The number of nitrogens with two attached hydrogens (primary N) is 1. The second kappa shape index (κ2) is 9.45. The molecule has 1 aromatic heterocycles. The van der Waals surface area contributed by atoms with E-state index < -0.39 is 5.91 Å². The summed E-state index contributed by atoms with van der Waals surface area (Å²) in [5.41, 5.74) is 7.10. The summed E-state index contributed by atoms with van der Waals surface area (Å²) in [6.45, 7) is 3.90. The molecule has 0 radical (unpaired) electrons. The smallest absolute Gasteiger partial charge is 0.250 e. The van der Waals surface area contributed by atoms with Crippen LogP contribution in [0.25, 0.3) is 0 Å². The van der Waals surface area contributed by atoms with Crippen LogP contribution in [0.2, 0.25) is 0 Å². The van der Waals surface area contributed by atoms with Crippen LogP contribution in [0.3, 0.4) is 0 Å². The van der Waals surface area contributed by atoms with Crippen molar-refractivity contribution < 1.29 is 14.3 Å². The van der Waals surface area contributed by atoms with Crippen molar-refractivity contribution in [1.82, 2.24) is 14.8 Å². The lowest BCUT2D eigenvalue weighted by Crippen LogP contribution is -2.19. The largest absolute Gasteiger partial charge is 0.483 e. The molecule has 156 valence electrons. The minimum absolute atomic E-state index is 0.103. The third-order valence-corrected chi connectivity index (χ3v) is 5.35. The van der Waals surface area contributed by atoms with Crippen molar-refractivity contribution in [2.45, 2.75) is 25.1 Å². The zero-order valence-electron chi connectivity index (χ0n) is 17.0. The molecular formula is C21H23N5O3S. The van der Waals surface area contributed by atoms with Crippen molar-refractivity contribution in [2.75, 3.05) is 11.1 Å². The van der Waals surface area contributed by atoms with Crippen LogP contribution in [0, 0.1) is 6.92 Å². The molecule has 8 nitrogen and oxygen atoms in total. The fraction of sp³-hybridized carbons (Fsp3) is 0.238. The maximum absolute atomic E-state index is 12.3. The predicted octanol–water partition coefficient (Wildman–Crippen LogP) is 3.09. The molecule has 1 heterocycles. The van der Waals surface area contributed by atoms with E-state index in [4.69, 9.17) is 10.5 Å². The number of hydrogen-bond donors (Lipinski definition) is 2. The van der Waals surface area contributed by atoms with Gasteiger partial charge in [0.05, 0.1) is 17.0 Å². The molecule has 2 aromatic carbocycles. The minimum Gasteiger partial charge on any atom is -0.483 e. The van der Waals surface area contributed by atoms with E-state index in [1.54, 1.807) is 28.8 Å². The highest BCUT2D eigenvalue weighted by Crippen LogP contribution is 2.24. The number of carbonyl (C=O) groups is 2. The molecule has 0 saturated carbocycles. The minimum atomic E-state index is -0.598. The van der Waals surface area contributed by atoms with Crippen molar-refractivity contribution in [2.24, 2.45) is 12.8 Å². The van der Waals surface area contributed by atoms with Crippen molar-refractivity contribution >= 4 is 29.3 Å². The molecule has 3 rings (SSSR count). The molecule has 0 aliphatic rings. The van der Waals surface area contributed by atoms with E-state index in [1.807, 2.05) is 45.2 Å². The van der Waals surface area contributed by atoms with Gasteiger partial charge in [0.1, 0.15) is 5.75 Å². The lowest BCUT2D eigenvalue weighted by molar-refractivity contribution is -0.113. The molecule has 0 spiro atoms. The Morgan fingerprint density at radius 1 is 1.20 bits per heavy atom. The van der Waals surface area contributed by atoms with Crippen LogP contribution in [0.1, 0.15) is 34.8 Å². The van der Waals surface area contributed by atoms with Gasteiger partial charge < -0.3 is 20.4 Å². The highest BCUT2D eigenvalue weighted by molar-refractivity contribution is 7.99.